The molecule has 1 fully saturated rings. The van der Waals surface area contributed by atoms with Gasteiger partial charge in [0.2, 0.25) is 5.91 Å². The van der Waals surface area contributed by atoms with Gasteiger partial charge in [0.05, 0.1) is 31.5 Å². The molecule has 168 valence electrons. The Morgan fingerprint density at radius 3 is 2.50 bits per heavy atom. The highest BCUT2D eigenvalue weighted by molar-refractivity contribution is 5.94. The Morgan fingerprint density at radius 1 is 1.06 bits per heavy atom. The van der Waals surface area contributed by atoms with E-state index in [1.807, 2.05) is 32.0 Å². The maximum absolute atomic E-state index is 13.0. The van der Waals surface area contributed by atoms with Gasteiger partial charge in [-0.2, -0.15) is 5.10 Å². The van der Waals surface area contributed by atoms with E-state index >= 15 is 0 Å². The lowest BCUT2D eigenvalue weighted by Crippen LogP contribution is -2.41. The average molecular weight is 437 g/mol. The molecule has 1 aliphatic heterocycles. The Kier molecular flexibility index (Phi) is 6.25. The van der Waals surface area contributed by atoms with Gasteiger partial charge >= 0.3 is 0 Å². The molecule has 2 aromatic heterocycles. The monoisotopic (exact) mass is 436 g/mol. The molecule has 3 heterocycles. The van der Waals surface area contributed by atoms with Gasteiger partial charge in [-0.15, -0.1) is 10.2 Å². The molecule has 1 saturated heterocycles. The topological polar surface area (TPSA) is 94.4 Å². The van der Waals surface area contributed by atoms with Crippen molar-refractivity contribution < 1.29 is 14.3 Å². The molecule has 3 aromatic rings. The van der Waals surface area contributed by atoms with Crippen LogP contribution in [0, 0.1) is 19.8 Å². The smallest absolute Gasteiger partial charge is 0.229 e. The number of carbonyl (C=O) groups excluding carboxylic acids is 1. The molecule has 9 heteroatoms. The van der Waals surface area contributed by atoms with Crippen LogP contribution in [0.25, 0.3) is 5.82 Å². The van der Waals surface area contributed by atoms with Crippen LogP contribution < -0.4 is 19.7 Å². The molecular formula is C23H28N6O3. The molecule has 0 aliphatic carbocycles. The van der Waals surface area contributed by atoms with Crippen molar-refractivity contribution in [2.24, 2.45) is 5.92 Å². The van der Waals surface area contributed by atoms with E-state index in [1.54, 1.807) is 37.1 Å². The van der Waals surface area contributed by atoms with Crippen LogP contribution in [-0.2, 0) is 4.79 Å². The van der Waals surface area contributed by atoms with E-state index in [9.17, 15) is 4.79 Å². The minimum absolute atomic E-state index is 0.0367. The van der Waals surface area contributed by atoms with Crippen molar-refractivity contribution in [3.8, 4) is 17.3 Å². The lowest BCUT2D eigenvalue weighted by molar-refractivity contribution is -0.120. The Balaban J connectivity index is 1.44. The molecule has 0 bridgehead atoms. The maximum atomic E-state index is 13.0. The third-order valence-electron chi connectivity index (χ3n) is 5.65. The van der Waals surface area contributed by atoms with Crippen molar-refractivity contribution in [3.63, 3.8) is 0 Å². The number of anilines is 2. The minimum Gasteiger partial charge on any atom is -0.497 e. The largest absolute Gasteiger partial charge is 0.497 e. The van der Waals surface area contributed by atoms with Crippen molar-refractivity contribution in [1.29, 1.82) is 0 Å². The Bertz CT molecular complexity index is 1100. The molecule has 1 aromatic carbocycles. The Labute approximate surface area is 187 Å². The summed E-state index contributed by atoms with van der Waals surface area (Å²) in [5.41, 5.74) is 2.57. The first-order valence-electron chi connectivity index (χ1n) is 10.6. The van der Waals surface area contributed by atoms with Crippen molar-refractivity contribution in [3.05, 3.63) is 47.8 Å². The van der Waals surface area contributed by atoms with Crippen molar-refractivity contribution in [1.82, 2.24) is 20.0 Å². The number of rotatable bonds is 6. The summed E-state index contributed by atoms with van der Waals surface area (Å²) < 4.78 is 12.4. The first-order chi connectivity index (χ1) is 15.5. The molecule has 0 radical (unpaired) electrons. The molecule has 1 aliphatic rings. The highest BCUT2D eigenvalue weighted by atomic mass is 16.5. The van der Waals surface area contributed by atoms with Gasteiger partial charge in [-0.25, -0.2) is 4.68 Å². The Hall–Kier alpha value is -3.62. The zero-order valence-corrected chi connectivity index (χ0v) is 18.8. The maximum Gasteiger partial charge on any atom is 0.229 e. The highest BCUT2D eigenvalue weighted by Crippen LogP contribution is 2.30. The van der Waals surface area contributed by atoms with Crippen LogP contribution in [0.1, 0.15) is 24.2 Å². The average Bonchev–Trinajstić information content (AvgIpc) is 3.17. The Morgan fingerprint density at radius 2 is 1.84 bits per heavy atom. The van der Waals surface area contributed by atoms with Crippen LogP contribution in [0.4, 0.5) is 11.5 Å². The van der Waals surface area contributed by atoms with Gasteiger partial charge in [-0.05, 0) is 57.0 Å². The number of nitrogens with one attached hydrogen (secondary N) is 1. The quantitative estimate of drug-likeness (QED) is 0.634. The SMILES string of the molecule is COc1ccc(NC(=O)C2CCCN(c3ccc(-n4nc(C)cc4C)nn3)C2)c(OC)c1. The number of piperidine rings is 1. The molecule has 0 saturated carbocycles. The summed E-state index contributed by atoms with van der Waals surface area (Å²) in [6, 6.07) is 11.2. The normalized spacial score (nSPS) is 16.0. The molecular weight excluding hydrogens is 408 g/mol. The summed E-state index contributed by atoms with van der Waals surface area (Å²) in [4.78, 5) is 15.1. The minimum atomic E-state index is -0.159. The second-order valence-corrected chi connectivity index (χ2v) is 7.93. The number of carbonyl (C=O) groups is 1. The summed E-state index contributed by atoms with van der Waals surface area (Å²) in [7, 11) is 3.16. The lowest BCUT2D eigenvalue weighted by Gasteiger charge is -2.32. The second-order valence-electron chi connectivity index (χ2n) is 7.93. The van der Waals surface area contributed by atoms with E-state index in [1.165, 1.54) is 0 Å². The van der Waals surface area contributed by atoms with Crippen molar-refractivity contribution in [2.45, 2.75) is 26.7 Å². The summed E-state index contributed by atoms with van der Waals surface area (Å²) in [6.45, 7) is 5.36. The van der Waals surface area contributed by atoms with E-state index in [-0.39, 0.29) is 11.8 Å². The molecule has 1 amide bonds. The third kappa shape index (κ3) is 4.51. The first-order valence-corrected chi connectivity index (χ1v) is 10.6. The predicted octanol–water partition coefficient (Wildman–Crippen LogP) is 3.15. The molecule has 32 heavy (non-hydrogen) atoms. The fourth-order valence-corrected chi connectivity index (χ4v) is 4.00. The summed E-state index contributed by atoms with van der Waals surface area (Å²) in [5.74, 6) is 2.48. The van der Waals surface area contributed by atoms with Crippen LogP contribution in [0.5, 0.6) is 11.5 Å². The zero-order chi connectivity index (χ0) is 22.7. The van der Waals surface area contributed by atoms with Gasteiger partial charge in [0, 0.05) is 24.8 Å². The predicted molar refractivity (Wildman–Crippen MR) is 122 cm³/mol. The standard InChI is InChI=1S/C23H28N6O3/c1-15-12-16(2)29(27-15)22-10-9-21(25-26-22)28-11-5-6-17(14-28)23(30)24-19-8-7-18(31-3)13-20(19)32-4/h7-10,12-13,17H,5-6,11,14H2,1-4H3,(H,24,30). The van der Waals surface area contributed by atoms with Crippen molar-refractivity contribution >= 4 is 17.4 Å². The summed E-state index contributed by atoms with van der Waals surface area (Å²) >= 11 is 0. The lowest BCUT2D eigenvalue weighted by atomic mass is 9.97. The van der Waals surface area contributed by atoms with Gasteiger partial charge in [-0.1, -0.05) is 0 Å². The molecule has 1 atom stereocenters. The molecule has 1 unspecified atom stereocenters. The number of hydrogen-bond acceptors (Lipinski definition) is 7. The first kappa shape index (κ1) is 21.6. The molecule has 0 spiro atoms. The van der Waals surface area contributed by atoms with Gasteiger partial charge in [-0.3, -0.25) is 4.79 Å². The number of aryl methyl sites for hydroxylation is 2. The zero-order valence-electron chi connectivity index (χ0n) is 18.8. The van der Waals surface area contributed by atoms with Crippen LogP contribution in [0.15, 0.2) is 36.4 Å². The fourth-order valence-electron chi connectivity index (χ4n) is 4.00. The molecule has 9 nitrogen and oxygen atoms in total. The number of methoxy groups -OCH3 is 2. The summed E-state index contributed by atoms with van der Waals surface area (Å²) in [5, 5.41) is 16.2. The molecule has 1 N–H and O–H groups in total. The molecule has 4 rings (SSSR count). The van der Waals surface area contributed by atoms with Gasteiger partial charge in [0.25, 0.3) is 0 Å². The van der Waals surface area contributed by atoms with E-state index in [0.29, 0.717) is 29.5 Å². The van der Waals surface area contributed by atoms with Crippen LogP contribution in [0.3, 0.4) is 0 Å². The fraction of sp³-hybridized carbons (Fsp3) is 0.391. The van der Waals surface area contributed by atoms with Crippen LogP contribution in [-0.4, -0.2) is 53.2 Å². The van der Waals surface area contributed by atoms with Crippen molar-refractivity contribution in [2.75, 3.05) is 37.5 Å². The second kappa shape index (κ2) is 9.25. The number of amides is 1. The number of nitrogens with zero attached hydrogens (tertiary/aromatic N) is 5. The van der Waals surface area contributed by atoms with E-state index < -0.39 is 0 Å². The third-order valence-corrected chi connectivity index (χ3v) is 5.65. The number of benzene rings is 1. The van der Waals surface area contributed by atoms with Gasteiger partial charge < -0.3 is 19.7 Å². The number of aromatic nitrogens is 4. The van der Waals surface area contributed by atoms with Gasteiger partial charge in [0.1, 0.15) is 11.5 Å². The van der Waals surface area contributed by atoms with Crippen LogP contribution in [0.2, 0.25) is 0 Å². The summed E-state index contributed by atoms with van der Waals surface area (Å²) in [6.07, 6.45) is 1.72. The number of ether oxygens (including phenoxy) is 2. The van der Waals surface area contributed by atoms with Gasteiger partial charge in [0.15, 0.2) is 11.6 Å². The van der Waals surface area contributed by atoms with E-state index in [0.717, 1.165) is 36.6 Å². The van der Waals surface area contributed by atoms with Crippen LogP contribution >= 0.6 is 0 Å². The van der Waals surface area contributed by atoms with E-state index in [4.69, 9.17) is 9.47 Å². The highest BCUT2D eigenvalue weighted by Gasteiger charge is 2.27. The number of hydrogen-bond donors (Lipinski definition) is 1. The van der Waals surface area contributed by atoms with E-state index in [2.05, 4.69) is 25.5 Å².